The molecule has 4 atom stereocenters. The summed E-state index contributed by atoms with van der Waals surface area (Å²) in [6, 6.07) is 9.05. The average Bonchev–Trinajstić information content (AvgIpc) is 2.53. The van der Waals surface area contributed by atoms with Crippen molar-refractivity contribution >= 4 is 5.97 Å². The first-order valence-electron chi connectivity index (χ1n) is 10.6. The predicted molar refractivity (Wildman–Crippen MR) is 117 cm³/mol. The molecule has 3 nitrogen and oxygen atoms in total. The zero-order chi connectivity index (χ0) is 21.9. The van der Waals surface area contributed by atoms with Gasteiger partial charge in [-0.05, 0) is 35.7 Å². The lowest BCUT2D eigenvalue weighted by Crippen LogP contribution is -2.49. The highest BCUT2D eigenvalue weighted by Gasteiger charge is 2.46. The van der Waals surface area contributed by atoms with Gasteiger partial charge in [0.05, 0.1) is 0 Å². The molecule has 4 unspecified atom stereocenters. The monoisotopic (exact) mass is 390 g/mol. The Hall–Kier alpha value is -1.35. The SMILES string of the molecule is CCC(C(OC(=O)C(C)(O)c1ccccc1)C(C(C)C)C(C)(C)C)C(C)(C)C. The molecular weight excluding hydrogens is 348 g/mol. The van der Waals surface area contributed by atoms with Crippen molar-refractivity contribution in [3.63, 3.8) is 0 Å². The normalized spacial score (nSPS) is 18.3. The van der Waals surface area contributed by atoms with E-state index in [1.54, 1.807) is 12.1 Å². The van der Waals surface area contributed by atoms with E-state index in [0.29, 0.717) is 11.5 Å². The van der Waals surface area contributed by atoms with Crippen molar-refractivity contribution in [3.8, 4) is 0 Å². The summed E-state index contributed by atoms with van der Waals surface area (Å²) in [6.45, 7) is 21.3. The summed E-state index contributed by atoms with van der Waals surface area (Å²) < 4.78 is 6.21. The van der Waals surface area contributed by atoms with Crippen LogP contribution in [0.15, 0.2) is 30.3 Å². The molecule has 1 N–H and O–H groups in total. The second-order valence-corrected chi connectivity index (χ2v) is 10.8. The minimum Gasteiger partial charge on any atom is -0.459 e. The number of rotatable bonds is 7. The van der Waals surface area contributed by atoms with E-state index in [9.17, 15) is 9.90 Å². The molecule has 1 aromatic carbocycles. The van der Waals surface area contributed by atoms with Crippen LogP contribution in [0, 0.1) is 28.6 Å². The van der Waals surface area contributed by atoms with Crippen LogP contribution < -0.4 is 0 Å². The molecule has 0 saturated heterocycles. The van der Waals surface area contributed by atoms with Crippen molar-refractivity contribution in [2.45, 2.75) is 87.4 Å². The highest BCUT2D eigenvalue weighted by molar-refractivity contribution is 5.80. The van der Waals surface area contributed by atoms with E-state index in [4.69, 9.17) is 4.74 Å². The Bertz CT molecular complexity index is 617. The molecule has 3 heteroatoms. The maximum atomic E-state index is 13.2. The van der Waals surface area contributed by atoms with Crippen molar-refractivity contribution in [2.24, 2.45) is 28.6 Å². The minimum absolute atomic E-state index is 0.0172. The average molecular weight is 391 g/mol. The Morgan fingerprint density at radius 1 is 0.964 bits per heavy atom. The summed E-state index contributed by atoms with van der Waals surface area (Å²) in [5.74, 6) is 0.138. The predicted octanol–water partition coefficient (Wildman–Crippen LogP) is 6.20. The van der Waals surface area contributed by atoms with Crippen LogP contribution in [0.5, 0.6) is 0 Å². The number of carbonyl (C=O) groups excluding carboxylic acids is 1. The summed E-state index contributed by atoms with van der Waals surface area (Å²) in [5.41, 5.74) is -1.17. The van der Waals surface area contributed by atoms with Gasteiger partial charge >= 0.3 is 5.97 Å². The Kier molecular flexibility index (Phi) is 7.92. The highest BCUT2D eigenvalue weighted by atomic mass is 16.6. The fourth-order valence-electron chi connectivity index (χ4n) is 4.73. The largest absolute Gasteiger partial charge is 0.459 e. The summed E-state index contributed by atoms with van der Waals surface area (Å²) in [5, 5.41) is 11.0. The zero-order valence-corrected chi connectivity index (χ0v) is 19.7. The van der Waals surface area contributed by atoms with Crippen molar-refractivity contribution in [1.82, 2.24) is 0 Å². The first kappa shape index (κ1) is 24.7. The fraction of sp³-hybridized carbons (Fsp3) is 0.720. The zero-order valence-electron chi connectivity index (χ0n) is 19.7. The second-order valence-electron chi connectivity index (χ2n) is 10.8. The van der Waals surface area contributed by atoms with Gasteiger partial charge in [0.2, 0.25) is 0 Å². The van der Waals surface area contributed by atoms with Gasteiger partial charge in [-0.3, -0.25) is 0 Å². The van der Waals surface area contributed by atoms with Gasteiger partial charge in [0.25, 0.3) is 0 Å². The van der Waals surface area contributed by atoms with Gasteiger partial charge in [-0.15, -0.1) is 0 Å². The molecule has 0 radical (unpaired) electrons. The molecule has 0 spiro atoms. The maximum absolute atomic E-state index is 13.2. The molecule has 0 aliphatic heterocycles. The van der Waals surface area contributed by atoms with Crippen LogP contribution in [-0.4, -0.2) is 17.2 Å². The second kappa shape index (κ2) is 8.98. The number of ether oxygens (including phenoxy) is 1. The van der Waals surface area contributed by atoms with Crippen LogP contribution >= 0.6 is 0 Å². The number of hydrogen-bond donors (Lipinski definition) is 1. The van der Waals surface area contributed by atoms with Crippen LogP contribution in [0.1, 0.15) is 81.2 Å². The Balaban J connectivity index is 3.38. The molecule has 0 fully saturated rings. The van der Waals surface area contributed by atoms with Crippen molar-refractivity contribution in [2.75, 3.05) is 0 Å². The molecule has 0 bridgehead atoms. The van der Waals surface area contributed by atoms with Crippen molar-refractivity contribution in [1.29, 1.82) is 0 Å². The highest BCUT2D eigenvalue weighted by Crippen LogP contribution is 2.45. The Morgan fingerprint density at radius 2 is 1.46 bits per heavy atom. The van der Waals surface area contributed by atoms with Gasteiger partial charge in [-0.25, -0.2) is 4.79 Å². The third kappa shape index (κ3) is 5.83. The third-order valence-corrected chi connectivity index (χ3v) is 6.00. The van der Waals surface area contributed by atoms with E-state index in [0.717, 1.165) is 6.42 Å². The van der Waals surface area contributed by atoms with Gasteiger partial charge in [-0.2, -0.15) is 0 Å². The topological polar surface area (TPSA) is 46.5 Å². The summed E-state index contributed by atoms with van der Waals surface area (Å²) in [7, 11) is 0. The Morgan fingerprint density at radius 3 is 1.82 bits per heavy atom. The van der Waals surface area contributed by atoms with E-state index in [-0.39, 0.29) is 28.8 Å². The Labute approximate surface area is 172 Å². The van der Waals surface area contributed by atoms with Crippen LogP contribution in [0.25, 0.3) is 0 Å². The molecule has 160 valence electrons. The molecule has 0 heterocycles. The van der Waals surface area contributed by atoms with Crippen LogP contribution in [0.2, 0.25) is 0 Å². The molecule has 28 heavy (non-hydrogen) atoms. The number of benzene rings is 1. The number of esters is 1. The van der Waals surface area contributed by atoms with E-state index in [1.165, 1.54) is 6.92 Å². The molecule has 0 aliphatic carbocycles. The summed E-state index contributed by atoms with van der Waals surface area (Å²) in [4.78, 5) is 13.2. The first-order valence-corrected chi connectivity index (χ1v) is 10.6. The lowest BCUT2D eigenvalue weighted by atomic mass is 9.63. The van der Waals surface area contributed by atoms with Gasteiger partial charge in [-0.1, -0.05) is 92.6 Å². The minimum atomic E-state index is -1.67. The van der Waals surface area contributed by atoms with Gasteiger partial charge < -0.3 is 9.84 Å². The molecular formula is C25H42O3. The summed E-state index contributed by atoms with van der Waals surface area (Å²) in [6.07, 6.45) is 0.640. The van der Waals surface area contributed by atoms with E-state index >= 15 is 0 Å². The lowest BCUT2D eigenvalue weighted by Gasteiger charge is -2.47. The third-order valence-electron chi connectivity index (χ3n) is 6.00. The standard InChI is InChI=1S/C25H42O3/c1-11-19(23(4,5)6)21(20(17(2)3)24(7,8)9)28-22(26)25(10,27)18-15-13-12-14-16-18/h12-17,19-21,27H,11H2,1-10H3. The van der Waals surface area contributed by atoms with Crippen molar-refractivity contribution < 1.29 is 14.6 Å². The van der Waals surface area contributed by atoms with Crippen LogP contribution in [0.3, 0.4) is 0 Å². The van der Waals surface area contributed by atoms with Gasteiger partial charge in [0.1, 0.15) is 6.10 Å². The molecule has 0 aromatic heterocycles. The maximum Gasteiger partial charge on any atom is 0.342 e. The van der Waals surface area contributed by atoms with Gasteiger partial charge in [0, 0.05) is 11.8 Å². The lowest BCUT2D eigenvalue weighted by molar-refractivity contribution is -0.185. The number of aliphatic hydroxyl groups is 1. The summed E-state index contributed by atoms with van der Waals surface area (Å²) >= 11 is 0. The van der Waals surface area contributed by atoms with Crippen LogP contribution in [-0.2, 0) is 15.1 Å². The molecule has 1 rings (SSSR count). The van der Waals surface area contributed by atoms with Gasteiger partial charge in [0.15, 0.2) is 5.60 Å². The van der Waals surface area contributed by atoms with E-state index in [2.05, 4.69) is 62.3 Å². The molecule has 0 aliphatic rings. The van der Waals surface area contributed by atoms with E-state index in [1.807, 2.05) is 18.2 Å². The smallest absolute Gasteiger partial charge is 0.342 e. The van der Waals surface area contributed by atoms with E-state index < -0.39 is 11.6 Å². The number of hydrogen-bond acceptors (Lipinski definition) is 3. The molecule has 0 saturated carbocycles. The van der Waals surface area contributed by atoms with Crippen molar-refractivity contribution in [3.05, 3.63) is 35.9 Å². The number of carbonyl (C=O) groups is 1. The fourth-order valence-corrected chi connectivity index (χ4v) is 4.73. The molecule has 0 amide bonds. The molecule has 1 aromatic rings. The quantitative estimate of drug-likeness (QED) is 0.564. The van der Waals surface area contributed by atoms with Crippen LogP contribution in [0.4, 0.5) is 0 Å². The first-order chi connectivity index (χ1) is 12.6.